The van der Waals surface area contributed by atoms with Gasteiger partial charge >= 0.3 is 0 Å². The molecule has 1 aromatic rings. The highest BCUT2D eigenvalue weighted by Gasteiger charge is 2.28. The Kier molecular flexibility index (Phi) is 2.68. The number of hydrogen-bond acceptors (Lipinski definition) is 2. The lowest BCUT2D eigenvalue weighted by Gasteiger charge is -2.20. The van der Waals surface area contributed by atoms with Crippen LogP contribution in [-0.2, 0) is 11.3 Å². The van der Waals surface area contributed by atoms with Crippen LogP contribution in [0.3, 0.4) is 0 Å². The molecule has 4 heteroatoms. The zero-order valence-corrected chi connectivity index (χ0v) is 8.19. The summed E-state index contributed by atoms with van der Waals surface area (Å²) >= 11 is 0. The SMILES string of the molecule is O=C1CCC(O)N1Cc1ccc(F)cc1. The van der Waals surface area contributed by atoms with Gasteiger partial charge in [0.2, 0.25) is 5.91 Å². The summed E-state index contributed by atoms with van der Waals surface area (Å²) < 4.78 is 12.6. The highest BCUT2D eigenvalue weighted by molar-refractivity contribution is 5.78. The van der Waals surface area contributed by atoms with E-state index in [2.05, 4.69) is 0 Å². The number of likely N-dealkylation sites (tertiary alicyclic amines) is 1. The molecule has 80 valence electrons. The molecule has 1 heterocycles. The van der Waals surface area contributed by atoms with Crippen molar-refractivity contribution in [3.63, 3.8) is 0 Å². The zero-order valence-electron chi connectivity index (χ0n) is 8.19. The third kappa shape index (κ3) is 2.15. The average molecular weight is 209 g/mol. The number of hydrogen-bond donors (Lipinski definition) is 1. The smallest absolute Gasteiger partial charge is 0.225 e. The number of halogens is 1. The van der Waals surface area contributed by atoms with Crippen molar-refractivity contribution in [3.8, 4) is 0 Å². The van der Waals surface area contributed by atoms with Gasteiger partial charge in [-0.05, 0) is 17.7 Å². The van der Waals surface area contributed by atoms with Crippen LogP contribution in [0.2, 0.25) is 0 Å². The second-order valence-electron chi connectivity index (χ2n) is 3.67. The minimum atomic E-state index is -0.692. The molecule has 0 saturated carbocycles. The third-order valence-electron chi connectivity index (χ3n) is 2.56. The van der Waals surface area contributed by atoms with E-state index in [-0.39, 0.29) is 11.7 Å². The van der Waals surface area contributed by atoms with Gasteiger partial charge in [0.15, 0.2) is 0 Å². The minimum Gasteiger partial charge on any atom is -0.373 e. The van der Waals surface area contributed by atoms with Crippen LogP contribution in [0.4, 0.5) is 4.39 Å². The maximum absolute atomic E-state index is 12.6. The molecule has 3 nitrogen and oxygen atoms in total. The van der Waals surface area contributed by atoms with Crippen molar-refractivity contribution in [1.29, 1.82) is 0 Å². The normalized spacial score (nSPS) is 21.1. The summed E-state index contributed by atoms with van der Waals surface area (Å²) in [5.41, 5.74) is 0.825. The number of amides is 1. The van der Waals surface area contributed by atoms with Gasteiger partial charge in [-0.2, -0.15) is 0 Å². The van der Waals surface area contributed by atoms with Gasteiger partial charge in [0.25, 0.3) is 0 Å². The van der Waals surface area contributed by atoms with Crippen molar-refractivity contribution in [3.05, 3.63) is 35.6 Å². The third-order valence-corrected chi connectivity index (χ3v) is 2.56. The summed E-state index contributed by atoms with van der Waals surface area (Å²) in [5, 5.41) is 9.51. The molecule has 0 aromatic heterocycles. The molecule has 1 fully saturated rings. The first-order chi connectivity index (χ1) is 7.16. The molecule has 1 amide bonds. The molecular weight excluding hydrogens is 197 g/mol. The fourth-order valence-electron chi connectivity index (χ4n) is 1.70. The molecule has 1 aliphatic heterocycles. The van der Waals surface area contributed by atoms with E-state index in [1.807, 2.05) is 0 Å². The van der Waals surface area contributed by atoms with Crippen LogP contribution < -0.4 is 0 Å². The Hall–Kier alpha value is -1.42. The summed E-state index contributed by atoms with van der Waals surface area (Å²) in [4.78, 5) is 12.8. The summed E-state index contributed by atoms with van der Waals surface area (Å²) in [5.74, 6) is -0.348. The van der Waals surface area contributed by atoms with Crippen molar-refractivity contribution < 1.29 is 14.3 Å². The first-order valence-corrected chi connectivity index (χ1v) is 4.89. The Labute approximate surface area is 87.1 Å². The molecule has 1 N–H and O–H groups in total. The van der Waals surface area contributed by atoms with Gasteiger partial charge in [-0.15, -0.1) is 0 Å². The maximum atomic E-state index is 12.6. The Morgan fingerprint density at radius 3 is 2.60 bits per heavy atom. The molecule has 1 aliphatic rings. The van der Waals surface area contributed by atoms with E-state index >= 15 is 0 Å². The molecule has 0 spiro atoms. The average Bonchev–Trinajstić information content (AvgIpc) is 2.53. The predicted octanol–water partition coefficient (Wildman–Crippen LogP) is 1.27. The highest BCUT2D eigenvalue weighted by atomic mass is 19.1. The van der Waals surface area contributed by atoms with Gasteiger partial charge in [0.05, 0.1) is 0 Å². The number of nitrogens with zero attached hydrogens (tertiary/aromatic N) is 1. The predicted molar refractivity (Wildman–Crippen MR) is 52.2 cm³/mol. The van der Waals surface area contributed by atoms with Gasteiger partial charge < -0.3 is 10.0 Å². The fourth-order valence-corrected chi connectivity index (χ4v) is 1.70. The molecule has 0 aliphatic carbocycles. The van der Waals surface area contributed by atoms with Gasteiger partial charge in [-0.25, -0.2) is 4.39 Å². The van der Waals surface area contributed by atoms with Crippen LogP contribution in [0.1, 0.15) is 18.4 Å². The van der Waals surface area contributed by atoms with Crippen LogP contribution in [-0.4, -0.2) is 22.1 Å². The quantitative estimate of drug-likeness (QED) is 0.796. The van der Waals surface area contributed by atoms with Crippen LogP contribution in [0.25, 0.3) is 0 Å². The number of rotatable bonds is 2. The molecule has 2 rings (SSSR count). The van der Waals surface area contributed by atoms with Crippen molar-refractivity contribution in [2.24, 2.45) is 0 Å². The van der Waals surface area contributed by atoms with E-state index in [0.717, 1.165) is 5.56 Å². The van der Waals surface area contributed by atoms with Crippen LogP contribution in [0.15, 0.2) is 24.3 Å². The number of aliphatic hydroxyl groups is 1. The summed E-state index contributed by atoms with van der Waals surface area (Å²) in [6.07, 6.45) is 0.185. The van der Waals surface area contributed by atoms with Gasteiger partial charge in [-0.1, -0.05) is 12.1 Å². The van der Waals surface area contributed by atoms with Crippen LogP contribution in [0.5, 0.6) is 0 Å². The first-order valence-electron chi connectivity index (χ1n) is 4.89. The van der Waals surface area contributed by atoms with Crippen LogP contribution in [0, 0.1) is 5.82 Å². The minimum absolute atomic E-state index is 0.0492. The zero-order chi connectivity index (χ0) is 10.8. The summed E-state index contributed by atoms with van der Waals surface area (Å²) in [6.45, 7) is 0.347. The van der Waals surface area contributed by atoms with Gasteiger partial charge in [0, 0.05) is 19.4 Å². The second-order valence-corrected chi connectivity index (χ2v) is 3.67. The van der Waals surface area contributed by atoms with E-state index < -0.39 is 6.23 Å². The van der Waals surface area contributed by atoms with E-state index in [9.17, 15) is 14.3 Å². The number of carbonyl (C=O) groups is 1. The highest BCUT2D eigenvalue weighted by Crippen LogP contribution is 2.19. The Bertz CT molecular complexity index is 363. The first kappa shape index (κ1) is 10.1. The van der Waals surface area contributed by atoms with Crippen molar-refractivity contribution >= 4 is 5.91 Å². The molecule has 1 unspecified atom stereocenters. The molecule has 0 radical (unpaired) electrons. The molecule has 15 heavy (non-hydrogen) atoms. The number of aliphatic hydroxyl groups excluding tert-OH is 1. The topological polar surface area (TPSA) is 40.5 Å². The van der Waals surface area contributed by atoms with E-state index in [4.69, 9.17) is 0 Å². The maximum Gasteiger partial charge on any atom is 0.225 e. The van der Waals surface area contributed by atoms with Crippen LogP contribution >= 0.6 is 0 Å². The second kappa shape index (κ2) is 3.98. The molecule has 1 saturated heterocycles. The lowest BCUT2D eigenvalue weighted by atomic mass is 10.2. The van der Waals surface area contributed by atoms with E-state index in [1.165, 1.54) is 17.0 Å². The lowest BCUT2D eigenvalue weighted by molar-refractivity contribution is -0.134. The standard InChI is InChI=1S/C11H12FNO2/c12-9-3-1-8(2-4-9)7-13-10(14)5-6-11(13)15/h1-4,10,14H,5-7H2. The van der Waals surface area contributed by atoms with Gasteiger partial charge in [0.1, 0.15) is 12.0 Å². The van der Waals surface area contributed by atoms with Gasteiger partial charge in [-0.3, -0.25) is 4.79 Å². The monoisotopic (exact) mass is 209 g/mol. The summed E-state index contributed by atoms with van der Waals surface area (Å²) in [6, 6.07) is 5.94. The largest absolute Gasteiger partial charge is 0.373 e. The molecule has 1 aromatic carbocycles. The van der Waals surface area contributed by atoms with Crippen molar-refractivity contribution in [1.82, 2.24) is 4.90 Å². The lowest BCUT2D eigenvalue weighted by Crippen LogP contribution is -2.31. The Morgan fingerprint density at radius 2 is 2.07 bits per heavy atom. The van der Waals surface area contributed by atoms with Crippen molar-refractivity contribution in [2.75, 3.05) is 0 Å². The van der Waals surface area contributed by atoms with E-state index in [1.54, 1.807) is 12.1 Å². The Balaban J connectivity index is 2.08. The molecule has 1 atom stereocenters. The summed E-state index contributed by atoms with van der Waals surface area (Å²) in [7, 11) is 0. The molecular formula is C11H12FNO2. The number of carbonyl (C=O) groups excluding carboxylic acids is 1. The fraction of sp³-hybridized carbons (Fsp3) is 0.364. The van der Waals surface area contributed by atoms with E-state index in [0.29, 0.717) is 19.4 Å². The number of benzene rings is 1. The Morgan fingerprint density at radius 1 is 1.40 bits per heavy atom. The molecule has 0 bridgehead atoms. The van der Waals surface area contributed by atoms with Crippen molar-refractivity contribution in [2.45, 2.75) is 25.6 Å².